The fourth-order valence-corrected chi connectivity index (χ4v) is 4.57. The number of rotatable bonds is 8. The Labute approximate surface area is 208 Å². The first kappa shape index (κ1) is 24.4. The largest absolute Gasteiger partial charge is 0.490 e. The van der Waals surface area contributed by atoms with Gasteiger partial charge in [0.2, 0.25) is 0 Å². The SMILES string of the molecule is CCOc1cc(/C=C2\SC(=O)N(Cc3ccc(Cl)cc3)C2=O)cc(I)c1OCC(=O)OC. The molecule has 0 atom stereocenters. The van der Waals surface area contributed by atoms with Gasteiger partial charge in [-0.1, -0.05) is 23.7 Å². The first-order valence-electron chi connectivity index (χ1n) is 9.48. The van der Waals surface area contributed by atoms with E-state index in [-0.39, 0.29) is 24.3 Å². The second-order valence-corrected chi connectivity index (χ2v) is 9.11. The van der Waals surface area contributed by atoms with Gasteiger partial charge in [0, 0.05) is 5.02 Å². The fraction of sp³-hybridized carbons (Fsp3) is 0.227. The number of esters is 1. The molecule has 168 valence electrons. The summed E-state index contributed by atoms with van der Waals surface area (Å²) < 4.78 is 16.5. The van der Waals surface area contributed by atoms with Crippen LogP contribution in [0.5, 0.6) is 11.5 Å². The van der Waals surface area contributed by atoms with Crippen LogP contribution in [0.2, 0.25) is 5.02 Å². The highest BCUT2D eigenvalue weighted by atomic mass is 127. The summed E-state index contributed by atoms with van der Waals surface area (Å²) >= 11 is 8.84. The van der Waals surface area contributed by atoms with E-state index in [1.54, 1.807) is 42.5 Å². The second kappa shape index (κ2) is 11.1. The number of carbonyl (C=O) groups excluding carboxylic acids is 3. The lowest BCUT2D eigenvalue weighted by Gasteiger charge is -2.14. The number of methoxy groups -OCH3 is 1. The number of amides is 2. The van der Waals surface area contributed by atoms with Crippen LogP contribution in [0.15, 0.2) is 41.3 Å². The molecule has 1 aliphatic rings. The lowest BCUT2D eigenvalue weighted by molar-refractivity contribution is -0.143. The number of ether oxygens (including phenoxy) is 3. The van der Waals surface area contributed by atoms with Gasteiger partial charge in [-0.25, -0.2) is 4.79 Å². The van der Waals surface area contributed by atoms with Crippen molar-refractivity contribution in [1.82, 2.24) is 4.90 Å². The Bertz CT molecular complexity index is 1070. The molecule has 2 amide bonds. The van der Waals surface area contributed by atoms with Gasteiger partial charge < -0.3 is 14.2 Å². The molecular formula is C22H19ClINO6S. The summed E-state index contributed by atoms with van der Waals surface area (Å²) in [6.07, 6.45) is 1.64. The molecule has 10 heteroatoms. The van der Waals surface area contributed by atoms with Gasteiger partial charge in [0.05, 0.1) is 28.7 Å². The zero-order chi connectivity index (χ0) is 23.3. The van der Waals surface area contributed by atoms with Crippen molar-refractivity contribution >= 4 is 69.1 Å². The van der Waals surface area contributed by atoms with E-state index in [1.807, 2.05) is 6.92 Å². The van der Waals surface area contributed by atoms with Crippen molar-refractivity contribution in [2.75, 3.05) is 20.3 Å². The molecule has 0 unspecified atom stereocenters. The van der Waals surface area contributed by atoms with Crippen LogP contribution in [0.1, 0.15) is 18.1 Å². The Morgan fingerprint density at radius 3 is 2.56 bits per heavy atom. The van der Waals surface area contributed by atoms with Gasteiger partial charge in [0.1, 0.15) is 0 Å². The van der Waals surface area contributed by atoms with Gasteiger partial charge >= 0.3 is 5.97 Å². The quantitative estimate of drug-likeness (QED) is 0.241. The van der Waals surface area contributed by atoms with Crippen LogP contribution in [-0.2, 0) is 20.9 Å². The minimum atomic E-state index is -0.512. The molecule has 0 bridgehead atoms. The lowest BCUT2D eigenvalue weighted by atomic mass is 10.1. The third-order valence-corrected chi connectivity index (χ3v) is 6.28. The molecule has 1 heterocycles. The van der Waals surface area contributed by atoms with Crippen molar-refractivity contribution < 1.29 is 28.6 Å². The van der Waals surface area contributed by atoms with E-state index in [9.17, 15) is 14.4 Å². The summed E-state index contributed by atoms with van der Waals surface area (Å²) in [5.41, 5.74) is 1.47. The van der Waals surface area contributed by atoms with E-state index < -0.39 is 5.97 Å². The summed E-state index contributed by atoms with van der Waals surface area (Å²) in [6.45, 7) is 2.12. The number of halogens is 2. The Morgan fingerprint density at radius 1 is 1.19 bits per heavy atom. The summed E-state index contributed by atoms with van der Waals surface area (Å²) in [7, 11) is 1.28. The molecule has 0 aliphatic carbocycles. The normalized spacial score (nSPS) is 14.8. The summed E-state index contributed by atoms with van der Waals surface area (Å²) in [4.78, 5) is 38.2. The fourth-order valence-electron chi connectivity index (χ4n) is 2.82. The molecule has 3 rings (SSSR count). The Hall–Kier alpha value is -2.24. The maximum absolute atomic E-state index is 12.8. The maximum Gasteiger partial charge on any atom is 0.343 e. The minimum Gasteiger partial charge on any atom is -0.490 e. The Balaban J connectivity index is 1.83. The van der Waals surface area contributed by atoms with Crippen molar-refractivity contribution in [2.45, 2.75) is 13.5 Å². The molecule has 0 radical (unpaired) electrons. The zero-order valence-corrected chi connectivity index (χ0v) is 21.0. The summed E-state index contributed by atoms with van der Waals surface area (Å²) in [5, 5.41) is 0.246. The highest BCUT2D eigenvalue weighted by Gasteiger charge is 2.35. The lowest BCUT2D eigenvalue weighted by Crippen LogP contribution is -2.27. The van der Waals surface area contributed by atoms with E-state index in [0.717, 1.165) is 17.3 Å². The highest BCUT2D eigenvalue weighted by molar-refractivity contribution is 14.1. The number of hydrogen-bond donors (Lipinski definition) is 0. The van der Waals surface area contributed by atoms with Crippen LogP contribution in [0.25, 0.3) is 6.08 Å². The molecule has 0 N–H and O–H groups in total. The van der Waals surface area contributed by atoms with Gasteiger partial charge in [-0.05, 0) is 82.7 Å². The average Bonchev–Trinajstić information content (AvgIpc) is 3.02. The van der Waals surface area contributed by atoms with E-state index in [4.69, 9.17) is 21.1 Å². The number of imide groups is 1. The second-order valence-electron chi connectivity index (χ2n) is 6.52. The first-order valence-corrected chi connectivity index (χ1v) is 11.8. The van der Waals surface area contributed by atoms with E-state index >= 15 is 0 Å². The third-order valence-electron chi connectivity index (χ3n) is 4.32. The van der Waals surface area contributed by atoms with Gasteiger partial charge in [-0.2, -0.15) is 0 Å². The van der Waals surface area contributed by atoms with Gasteiger partial charge in [-0.15, -0.1) is 0 Å². The molecule has 1 fully saturated rings. The van der Waals surface area contributed by atoms with Crippen molar-refractivity contribution in [2.24, 2.45) is 0 Å². The summed E-state index contributed by atoms with van der Waals surface area (Å²) in [5.74, 6) is -0.0450. The van der Waals surface area contributed by atoms with Crippen LogP contribution < -0.4 is 9.47 Å². The highest BCUT2D eigenvalue weighted by Crippen LogP contribution is 2.38. The van der Waals surface area contributed by atoms with Crippen LogP contribution in [-0.4, -0.2) is 42.3 Å². The van der Waals surface area contributed by atoms with Crippen LogP contribution >= 0.6 is 46.0 Å². The first-order chi connectivity index (χ1) is 15.3. The van der Waals surface area contributed by atoms with E-state index in [0.29, 0.717) is 37.2 Å². The Morgan fingerprint density at radius 2 is 1.91 bits per heavy atom. The number of thioether (sulfide) groups is 1. The van der Waals surface area contributed by atoms with Gasteiger partial charge in [-0.3, -0.25) is 14.5 Å². The molecule has 2 aromatic rings. The minimum absolute atomic E-state index is 0.168. The number of hydrogen-bond acceptors (Lipinski definition) is 7. The van der Waals surface area contributed by atoms with E-state index in [1.165, 1.54) is 12.0 Å². The molecule has 1 saturated heterocycles. The van der Waals surface area contributed by atoms with Gasteiger partial charge in [0.15, 0.2) is 18.1 Å². The van der Waals surface area contributed by atoms with Crippen LogP contribution in [0, 0.1) is 3.57 Å². The molecule has 2 aromatic carbocycles. The predicted octanol–water partition coefficient (Wildman–Crippen LogP) is 5.13. The molecule has 32 heavy (non-hydrogen) atoms. The molecule has 7 nitrogen and oxygen atoms in total. The number of nitrogens with zero attached hydrogens (tertiary/aromatic N) is 1. The van der Waals surface area contributed by atoms with Crippen molar-refractivity contribution in [3.63, 3.8) is 0 Å². The average molecular weight is 588 g/mol. The maximum atomic E-state index is 12.8. The predicted molar refractivity (Wildman–Crippen MR) is 131 cm³/mol. The third kappa shape index (κ3) is 5.96. The molecule has 1 aliphatic heterocycles. The molecular weight excluding hydrogens is 569 g/mol. The van der Waals surface area contributed by atoms with E-state index in [2.05, 4.69) is 27.3 Å². The molecule has 0 saturated carbocycles. The van der Waals surface area contributed by atoms with Crippen LogP contribution in [0.4, 0.5) is 4.79 Å². The molecule has 0 spiro atoms. The monoisotopic (exact) mass is 587 g/mol. The summed E-state index contributed by atoms with van der Waals surface area (Å²) in [6, 6.07) is 10.5. The van der Waals surface area contributed by atoms with Crippen LogP contribution in [0.3, 0.4) is 0 Å². The smallest absolute Gasteiger partial charge is 0.343 e. The number of carbonyl (C=O) groups is 3. The molecule has 0 aromatic heterocycles. The van der Waals surface area contributed by atoms with Crippen molar-refractivity contribution in [3.8, 4) is 11.5 Å². The zero-order valence-electron chi connectivity index (χ0n) is 17.2. The topological polar surface area (TPSA) is 82.1 Å². The van der Waals surface area contributed by atoms with Gasteiger partial charge in [0.25, 0.3) is 11.1 Å². The van der Waals surface area contributed by atoms with Crippen molar-refractivity contribution in [1.29, 1.82) is 0 Å². The van der Waals surface area contributed by atoms with Crippen molar-refractivity contribution in [3.05, 3.63) is 61.0 Å². The number of benzene rings is 2. The standard InChI is InChI=1S/C22H19ClINO6S/c1-3-30-17-9-14(8-16(24)20(17)31-12-19(26)29-2)10-18-21(27)25(22(28)32-18)11-13-4-6-15(23)7-5-13/h4-10H,3,11-12H2,1-2H3/b18-10-. The Kier molecular flexibility index (Phi) is 8.44.